The van der Waals surface area contributed by atoms with Crippen molar-refractivity contribution in [2.45, 2.75) is 0 Å². The highest BCUT2D eigenvalue weighted by Crippen LogP contribution is 2.40. The summed E-state index contributed by atoms with van der Waals surface area (Å²) in [6.45, 7) is 1.19. The van der Waals surface area contributed by atoms with Gasteiger partial charge in [-0.3, -0.25) is 9.69 Å². The minimum atomic E-state index is -0.157. The molecule has 0 spiro atoms. The van der Waals surface area contributed by atoms with Crippen LogP contribution in [0.5, 0.6) is 11.5 Å². The summed E-state index contributed by atoms with van der Waals surface area (Å²) >= 11 is 2.81. The monoisotopic (exact) mass is 442 g/mol. The molecule has 2 heterocycles. The Morgan fingerprint density at radius 3 is 2.40 bits per heavy atom. The highest BCUT2D eigenvalue weighted by atomic mass is 32.1. The zero-order chi connectivity index (χ0) is 21.3. The van der Waals surface area contributed by atoms with Gasteiger partial charge in [0.2, 0.25) is 0 Å². The van der Waals surface area contributed by atoms with Gasteiger partial charge in [0.05, 0.1) is 24.4 Å². The molecule has 1 amide bonds. The first-order valence-corrected chi connectivity index (χ1v) is 11.0. The second-order valence-electron chi connectivity index (χ2n) is 6.89. The molecule has 9 heteroatoms. The molecule has 0 bridgehead atoms. The Hall–Kier alpha value is -2.75. The molecule has 30 heavy (non-hydrogen) atoms. The van der Waals surface area contributed by atoms with Gasteiger partial charge in [0.15, 0.2) is 10.1 Å². The molecule has 0 aliphatic heterocycles. The predicted molar refractivity (Wildman–Crippen MR) is 123 cm³/mol. The maximum absolute atomic E-state index is 13.5. The van der Waals surface area contributed by atoms with E-state index in [1.807, 2.05) is 55.4 Å². The smallest absolute Gasteiger partial charge is 0.289 e. The summed E-state index contributed by atoms with van der Waals surface area (Å²) in [6, 6.07) is 11.4. The number of likely N-dealkylation sites (N-methyl/N-ethyl adjacent to an activating group) is 1. The highest BCUT2D eigenvalue weighted by molar-refractivity contribution is 7.23. The van der Waals surface area contributed by atoms with E-state index in [2.05, 4.69) is 4.98 Å². The van der Waals surface area contributed by atoms with Crippen LogP contribution < -0.4 is 14.4 Å². The van der Waals surface area contributed by atoms with E-state index in [9.17, 15) is 4.79 Å². The van der Waals surface area contributed by atoms with Crippen molar-refractivity contribution >= 4 is 54.1 Å². The predicted octanol–water partition coefficient (Wildman–Crippen LogP) is 4.13. The number of hydrogen-bond donors (Lipinski definition) is 0. The van der Waals surface area contributed by atoms with Crippen molar-refractivity contribution in [2.24, 2.45) is 0 Å². The van der Waals surface area contributed by atoms with Gasteiger partial charge in [-0.1, -0.05) is 23.5 Å². The molecule has 0 fully saturated rings. The van der Waals surface area contributed by atoms with Gasteiger partial charge in [-0.05, 0) is 38.4 Å². The van der Waals surface area contributed by atoms with E-state index in [1.54, 1.807) is 19.1 Å². The number of para-hydroxylation sites is 1. The van der Waals surface area contributed by atoms with Crippen molar-refractivity contribution < 1.29 is 14.3 Å². The van der Waals surface area contributed by atoms with Crippen molar-refractivity contribution in [1.29, 1.82) is 0 Å². The molecule has 2 aromatic carbocycles. The minimum absolute atomic E-state index is 0.157. The number of nitrogens with zero attached hydrogens (tertiary/aromatic N) is 4. The summed E-state index contributed by atoms with van der Waals surface area (Å²) in [6.07, 6.45) is 0. The van der Waals surface area contributed by atoms with Crippen molar-refractivity contribution in [3.05, 3.63) is 41.4 Å². The van der Waals surface area contributed by atoms with Crippen LogP contribution in [0.15, 0.2) is 36.4 Å². The van der Waals surface area contributed by atoms with Crippen LogP contribution in [0.25, 0.3) is 20.4 Å². The Morgan fingerprint density at radius 1 is 0.967 bits per heavy atom. The third-order valence-electron chi connectivity index (χ3n) is 4.62. The van der Waals surface area contributed by atoms with Crippen LogP contribution in [0.2, 0.25) is 0 Å². The van der Waals surface area contributed by atoms with Crippen LogP contribution in [-0.4, -0.2) is 62.2 Å². The SMILES string of the molecule is COc1ccc(OC)c2sc(N(CCN(C)C)C(=O)c3nc4ccccc4s3)nc12. The minimum Gasteiger partial charge on any atom is -0.495 e. The maximum atomic E-state index is 13.5. The van der Waals surface area contributed by atoms with Gasteiger partial charge in [-0.25, -0.2) is 9.97 Å². The molecule has 2 aromatic heterocycles. The number of thiazole rings is 2. The fraction of sp³-hybridized carbons (Fsp3) is 0.286. The first-order valence-electron chi connectivity index (χ1n) is 9.35. The van der Waals surface area contributed by atoms with Gasteiger partial charge >= 0.3 is 0 Å². The number of amides is 1. The summed E-state index contributed by atoms with van der Waals surface area (Å²) in [7, 11) is 7.18. The molecule has 0 aliphatic rings. The topological polar surface area (TPSA) is 67.8 Å². The lowest BCUT2D eigenvalue weighted by Crippen LogP contribution is -2.36. The molecule has 156 valence electrons. The number of carbonyl (C=O) groups excluding carboxylic acids is 1. The van der Waals surface area contributed by atoms with Gasteiger partial charge in [0, 0.05) is 13.1 Å². The Kier molecular flexibility index (Phi) is 5.85. The summed E-state index contributed by atoms with van der Waals surface area (Å²) in [5.74, 6) is 1.19. The number of aromatic nitrogens is 2. The quantitative estimate of drug-likeness (QED) is 0.429. The molecule has 0 N–H and O–H groups in total. The highest BCUT2D eigenvalue weighted by Gasteiger charge is 2.26. The number of anilines is 1. The normalized spacial score (nSPS) is 11.4. The van der Waals surface area contributed by atoms with Crippen molar-refractivity contribution in [2.75, 3.05) is 46.3 Å². The van der Waals surface area contributed by atoms with Crippen LogP contribution in [0, 0.1) is 0 Å². The molecule has 0 radical (unpaired) electrons. The molecule has 0 aliphatic carbocycles. The summed E-state index contributed by atoms with van der Waals surface area (Å²) in [4.78, 5) is 26.5. The first-order chi connectivity index (χ1) is 14.5. The number of carbonyl (C=O) groups is 1. The summed E-state index contributed by atoms with van der Waals surface area (Å²) < 4.78 is 12.8. The molecule has 0 atom stereocenters. The second-order valence-corrected chi connectivity index (χ2v) is 8.90. The Bertz CT molecular complexity index is 1130. The van der Waals surface area contributed by atoms with Crippen molar-refractivity contribution in [1.82, 2.24) is 14.9 Å². The average molecular weight is 443 g/mol. The lowest BCUT2D eigenvalue weighted by molar-refractivity contribution is 0.0985. The maximum Gasteiger partial charge on any atom is 0.289 e. The molecule has 0 saturated heterocycles. The molecule has 0 unspecified atom stereocenters. The summed E-state index contributed by atoms with van der Waals surface area (Å²) in [5.41, 5.74) is 1.51. The lowest BCUT2D eigenvalue weighted by Gasteiger charge is -2.20. The van der Waals surface area contributed by atoms with E-state index in [-0.39, 0.29) is 5.91 Å². The van der Waals surface area contributed by atoms with Crippen LogP contribution in [0.1, 0.15) is 9.80 Å². The van der Waals surface area contributed by atoms with Gasteiger partial charge in [-0.15, -0.1) is 11.3 Å². The Morgan fingerprint density at radius 2 is 1.70 bits per heavy atom. The molecular formula is C21H22N4O3S2. The third kappa shape index (κ3) is 3.83. The van der Waals surface area contributed by atoms with E-state index in [1.165, 1.54) is 22.7 Å². The number of methoxy groups -OCH3 is 2. The summed E-state index contributed by atoms with van der Waals surface area (Å²) in [5, 5.41) is 1.05. The standard InChI is InChI=1S/C21H22N4O3S2/c1-24(2)11-12-25(20(26)19-22-13-7-5-6-8-16(13)29-19)21-23-17-14(27-3)9-10-15(28-4)18(17)30-21/h5-10H,11-12H2,1-4H3. The average Bonchev–Trinajstić information content (AvgIpc) is 3.37. The van der Waals surface area contributed by atoms with Gasteiger partial charge < -0.3 is 14.4 Å². The van der Waals surface area contributed by atoms with Crippen LogP contribution in [0.4, 0.5) is 5.13 Å². The lowest BCUT2D eigenvalue weighted by atomic mass is 10.3. The van der Waals surface area contributed by atoms with Crippen molar-refractivity contribution in [3.63, 3.8) is 0 Å². The van der Waals surface area contributed by atoms with E-state index >= 15 is 0 Å². The number of fused-ring (bicyclic) bond motifs is 2. The van der Waals surface area contributed by atoms with E-state index in [0.29, 0.717) is 40.2 Å². The number of hydrogen-bond acceptors (Lipinski definition) is 8. The Labute approximate surface area is 182 Å². The molecule has 4 aromatic rings. The fourth-order valence-corrected chi connectivity index (χ4v) is 5.07. The molecular weight excluding hydrogens is 420 g/mol. The first kappa shape index (κ1) is 20.5. The number of benzene rings is 2. The van der Waals surface area contributed by atoms with Crippen LogP contribution >= 0.6 is 22.7 Å². The zero-order valence-corrected chi connectivity index (χ0v) is 18.8. The Balaban J connectivity index is 1.79. The number of ether oxygens (including phenoxy) is 2. The van der Waals surface area contributed by atoms with Crippen LogP contribution in [0.3, 0.4) is 0 Å². The van der Waals surface area contributed by atoms with Gasteiger partial charge in [-0.2, -0.15) is 0 Å². The van der Waals surface area contributed by atoms with Crippen molar-refractivity contribution in [3.8, 4) is 11.5 Å². The van der Waals surface area contributed by atoms with E-state index in [0.717, 1.165) is 14.9 Å². The largest absolute Gasteiger partial charge is 0.495 e. The fourth-order valence-electron chi connectivity index (χ4n) is 3.05. The molecule has 4 rings (SSSR count). The zero-order valence-electron chi connectivity index (χ0n) is 17.2. The van der Waals surface area contributed by atoms with Crippen LogP contribution in [-0.2, 0) is 0 Å². The van der Waals surface area contributed by atoms with Gasteiger partial charge in [0.25, 0.3) is 5.91 Å². The number of rotatable bonds is 7. The molecule has 0 saturated carbocycles. The van der Waals surface area contributed by atoms with E-state index < -0.39 is 0 Å². The molecule has 7 nitrogen and oxygen atoms in total. The van der Waals surface area contributed by atoms with E-state index in [4.69, 9.17) is 14.5 Å². The van der Waals surface area contributed by atoms with Gasteiger partial charge in [0.1, 0.15) is 21.7 Å². The third-order valence-corrected chi connectivity index (χ3v) is 6.74. The second kappa shape index (κ2) is 8.55.